The van der Waals surface area contributed by atoms with Gasteiger partial charge < -0.3 is 9.80 Å². The Morgan fingerprint density at radius 1 is 1.15 bits per heavy atom. The van der Waals surface area contributed by atoms with E-state index in [9.17, 15) is 4.79 Å². The Balaban J connectivity index is 1.99. The lowest BCUT2D eigenvalue weighted by Gasteiger charge is -2.33. The van der Waals surface area contributed by atoms with Gasteiger partial charge in [-0.05, 0) is 43.8 Å². The standard InChI is InChI=1S/C16H19N3O/c1-12-9-16(19-7-5-18(2)6-8-19)17-15-4-3-13(11-20)10-14(12)15/h3-4,9-11H,5-8H2,1-2H3. The van der Waals surface area contributed by atoms with Crippen molar-refractivity contribution in [2.24, 2.45) is 0 Å². The maximum Gasteiger partial charge on any atom is 0.150 e. The Hall–Kier alpha value is -1.94. The summed E-state index contributed by atoms with van der Waals surface area (Å²) in [5.74, 6) is 1.04. The van der Waals surface area contributed by atoms with Crippen LogP contribution in [0.15, 0.2) is 24.3 Å². The van der Waals surface area contributed by atoms with Crippen molar-refractivity contribution in [2.45, 2.75) is 6.92 Å². The van der Waals surface area contributed by atoms with Crippen LogP contribution in [0.2, 0.25) is 0 Å². The number of fused-ring (bicyclic) bond motifs is 1. The molecule has 104 valence electrons. The van der Waals surface area contributed by atoms with Crippen LogP contribution in [0, 0.1) is 6.92 Å². The number of nitrogens with zero attached hydrogens (tertiary/aromatic N) is 3. The van der Waals surface area contributed by atoms with Crippen LogP contribution in [0.5, 0.6) is 0 Å². The number of pyridine rings is 1. The first-order valence-corrected chi connectivity index (χ1v) is 6.97. The molecule has 1 aliphatic rings. The first-order chi connectivity index (χ1) is 9.67. The molecular weight excluding hydrogens is 250 g/mol. The second-order valence-electron chi connectivity index (χ2n) is 5.48. The third kappa shape index (κ3) is 2.39. The maximum atomic E-state index is 10.9. The van der Waals surface area contributed by atoms with E-state index in [0.717, 1.165) is 49.2 Å². The van der Waals surface area contributed by atoms with Crippen molar-refractivity contribution in [2.75, 3.05) is 38.1 Å². The highest BCUT2D eigenvalue weighted by atomic mass is 16.1. The Morgan fingerprint density at radius 3 is 2.60 bits per heavy atom. The number of benzene rings is 1. The fourth-order valence-corrected chi connectivity index (χ4v) is 2.66. The molecule has 0 unspecified atom stereocenters. The van der Waals surface area contributed by atoms with Gasteiger partial charge >= 0.3 is 0 Å². The van der Waals surface area contributed by atoms with Gasteiger partial charge in [-0.25, -0.2) is 4.98 Å². The number of rotatable bonds is 2. The molecule has 4 heteroatoms. The summed E-state index contributed by atoms with van der Waals surface area (Å²) in [7, 11) is 2.15. The normalized spacial score (nSPS) is 16.6. The molecule has 20 heavy (non-hydrogen) atoms. The number of aromatic nitrogens is 1. The Labute approximate surface area is 119 Å². The summed E-state index contributed by atoms with van der Waals surface area (Å²) >= 11 is 0. The molecule has 1 aromatic heterocycles. The van der Waals surface area contributed by atoms with Gasteiger partial charge in [-0.15, -0.1) is 0 Å². The number of anilines is 1. The van der Waals surface area contributed by atoms with Gasteiger partial charge in [-0.3, -0.25) is 4.79 Å². The Bertz CT molecular complexity index is 645. The van der Waals surface area contributed by atoms with Crippen LogP contribution in [0.1, 0.15) is 15.9 Å². The van der Waals surface area contributed by atoms with E-state index in [-0.39, 0.29) is 0 Å². The van der Waals surface area contributed by atoms with Crippen molar-refractivity contribution in [3.8, 4) is 0 Å². The van der Waals surface area contributed by atoms with Crippen LogP contribution >= 0.6 is 0 Å². The Kier molecular flexibility index (Phi) is 3.40. The first kappa shape index (κ1) is 13.1. The molecule has 0 atom stereocenters. The fraction of sp³-hybridized carbons (Fsp3) is 0.375. The van der Waals surface area contributed by atoms with E-state index in [0.29, 0.717) is 5.56 Å². The minimum absolute atomic E-state index is 0.703. The SMILES string of the molecule is Cc1cc(N2CCN(C)CC2)nc2ccc(C=O)cc12. The van der Waals surface area contributed by atoms with Crippen molar-refractivity contribution in [3.05, 3.63) is 35.4 Å². The van der Waals surface area contributed by atoms with Crippen molar-refractivity contribution < 1.29 is 4.79 Å². The van der Waals surface area contributed by atoms with Gasteiger partial charge in [0.1, 0.15) is 12.1 Å². The van der Waals surface area contributed by atoms with Gasteiger partial charge in [0, 0.05) is 37.1 Å². The van der Waals surface area contributed by atoms with Gasteiger partial charge in [0.05, 0.1) is 5.52 Å². The lowest BCUT2D eigenvalue weighted by atomic mass is 10.1. The predicted octanol–water partition coefficient (Wildman–Crippen LogP) is 2.11. The molecule has 0 radical (unpaired) electrons. The average Bonchev–Trinajstić information content (AvgIpc) is 2.47. The topological polar surface area (TPSA) is 36.4 Å². The summed E-state index contributed by atoms with van der Waals surface area (Å²) in [6.45, 7) is 6.26. The van der Waals surface area contributed by atoms with Crippen LogP contribution in [-0.4, -0.2) is 49.4 Å². The smallest absolute Gasteiger partial charge is 0.150 e. The quantitative estimate of drug-likeness (QED) is 0.782. The van der Waals surface area contributed by atoms with Crippen LogP contribution < -0.4 is 4.90 Å². The second kappa shape index (κ2) is 5.21. The van der Waals surface area contributed by atoms with E-state index in [1.807, 2.05) is 18.2 Å². The van der Waals surface area contributed by atoms with E-state index in [1.165, 1.54) is 5.56 Å². The molecule has 2 aromatic rings. The number of aldehydes is 1. The van der Waals surface area contributed by atoms with E-state index in [1.54, 1.807) is 0 Å². The molecule has 1 aromatic carbocycles. The highest BCUT2D eigenvalue weighted by molar-refractivity contribution is 5.89. The highest BCUT2D eigenvalue weighted by Crippen LogP contribution is 2.23. The largest absolute Gasteiger partial charge is 0.354 e. The molecular formula is C16H19N3O. The van der Waals surface area contributed by atoms with Gasteiger partial charge in [0.2, 0.25) is 0 Å². The molecule has 0 N–H and O–H groups in total. The summed E-state index contributed by atoms with van der Waals surface area (Å²) in [5.41, 5.74) is 2.84. The van der Waals surface area contributed by atoms with Crippen LogP contribution in [0.25, 0.3) is 10.9 Å². The number of likely N-dealkylation sites (N-methyl/N-ethyl adjacent to an activating group) is 1. The number of carbonyl (C=O) groups is 1. The van der Waals surface area contributed by atoms with Crippen molar-refractivity contribution in [3.63, 3.8) is 0 Å². The zero-order valence-electron chi connectivity index (χ0n) is 12.0. The van der Waals surface area contributed by atoms with Crippen molar-refractivity contribution in [1.82, 2.24) is 9.88 Å². The van der Waals surface area contributed by atoms with E-state index < -0.39 is 0 Å². The van der Waals surface area contributed by atoms with E-state index >= 15 is 0 Å². The van der Waals surface area contributed by atoms with Gasteiger partial charge in [-0.1, -0.05) is 0 Å². The van der Waals surface area contributed by atoms with Crippen LogP contribution in [-0.2, 0) is 0 Å². The second-order valence-corrected chi connectivity index (χ2v) is 5.48. The molecule has 2 heterocycles. The summed E-state index contributed by atoms with van der Waals surface area (Å²) in [5, 5.41) is 1.06. The molecule has 0 aliphatic carbocycles. The van der Waals surface area contributed by atoms with Crippen molar-refractivity contribution in [1.29, 1.82) is 0 Å². The van der Waals surface area contributed by atoms with Gasteiger partial charge in [-0.2, -0.15) is 0 Å². The zero-order valence-corrected chi connectivity index (χ0v) is 12.0. The van der Waals surface area contributed by atoms with Crippen LogP contribution in [0.3, 0.4) is 0 Å². The molecule has 1 saturated heterocycles. The minimum Gasteiger partial charge on any atom is -0.354 e. The highest BCUT2D eigenvalue weighted by Gasteiger charge is 2.16. The zero-order chi connectivity index (χ0) is 14.1. The molecule has 0 amide bonds. The third-order valence-corrected chi connectivity index (χ3v) is 3.99. The lowest BCUT2D eigenvalue weighted by molar-refractivity contribution is 0.112. The van der Waals surface area contributed by atoms with E-state index in [4.69, 9.17) is 4.98 Å². The summed E-state index contributed by atoms with van der Waals surface area (Å²) in [4.78, 5) is 20.3. The molecule has 1 fully saturated rings. The predicted molar refractivity (Wildman–Crippen MR) is 81.6 cm³/mol. The number of hydrogen-bond acceptors (Lipinski definition) is 4. The lowest BCUT2D eigenvalue weighted by Crippen LogP contribution is -2.44. The monoisotopic (exact) mass is 269 g/mol. The number of aryl methyl sites for hydroxylation is 1. The minimum atomic E-state index is 0.703. The number of piperazine rings is 1. The molecule has 4 nitrogen and oxygen atoms in total. The summed E-state index contributed by atoms with van der Waals surface area (Å²) in [6.07, 6.45) is 0.882. The van der Waals surface area contributed by atoms with Crippen molar-refractivity contribution >= 4 is 23.0 Å². The number of hydrogen-bond donors (Lipinski definition) is 0. The summed E-state index contributed by atoms with van der Waals surface area (Å²) < 4.78 is 0. The maximum absolute atomic E-state index is 10.9. The van der Waals surface area contributed by atoms with Gasteiger partial charge in [0.15, 0.2) is 0 Å². The fourth-order valence-electron chi connectivity index (χ4n) is 2.66. The first-order valence-electron chi connectivity index (χ1n) is 6.97. The molecule has 0 bridgehead atoms. The Morgan fingerprint density at radius 2 is 1.90 bits per heavy atom. The molecule has 1 aliphatic heterocycles. The molecule has 0 saturated carbocycles. The van der Waals surface area contributed by atoms with Gasteiger partial charge in [0.25, 0.3) is 0 Å². The number of carbonyl (C=O) groups excluding carboxylic acids is 1. The average molecular weight is 269 g/mol. The molecule has 0 spiro atoms. The van der Waals surface area contributed by atoms with Crippen LogP contribution in [0.4, 0.5) is 5.82 Å². The molecule has 3 rings (SSSR count). The van der Waals surface area contributed by atoms with E-state index in [2.05, 4.69) is 29.8 Å². The third-order valence-electron chi connectivity index (χ3n) is 3.99. The summed E-state index contributed by atoms with van der Waals surface area (Å²) in [6, 6.07) is 7.81.